The van der Waals surface area contributed by atoms with Crippen LogP contribution >= 0.6 is 24.0 Å². The number of phenolic OH excluding ortho intramolecular Hbond substituents is 1. The van der Waals surface area contributed by atoms with Crippen molar-refractivity contribution in [3.8, 4) is 11.5 Å². The number of ether oxygens (including phenoxy) is 1. The Morgan fingerprint density at radius 2 is 1.97 bits per heavy atom. The van der Waals surface area contributed by atoms with Crippen molar-refractivity contribution >= 4 is 46.3 Å². The molecule has 8 heteroatoms. The second-order valence-corrected chi connectivity index (χ2v) is 8.00. The van der Waals surface area contributed by atoms with Gasteiger partial charge in [-0.3, -0.25) is 14.5 Å². The summed E-state index contributed by atoms with van der Waals surface area (Å²) in [6, 6.07) is 14.6. The van der Waals surface area contributed by atoms with Gasteiger partial charge in [0.2, 0.25) is 0 Å². The molecule has 1 fully saturated rings. The molecule has 2 N–H and O–H groups in total. The summed E-state index contributed by atoms with van der Waals surface area (Å²) in [5.74, 6) is -0.684. The van der Waals surface area contributed by atoms with Crippen molar-refractivity contribution in [2.45, 2.75) is 19.4 Å². The van der Waals surface area contributed by atoms with Crippen molar-refractivity contribution in [1.29, 1.82) is 0 Å². The largest absolute Gasteiger partial charge is 0.507 e. The molecule has 0 spiro atoms. The number of amides is 1. The van der Waals surface area contributed by atoms with Gasteiger partial charge in [0.1, 0.15) is 22.4 Å². The van der Waals surface area contributed by atoms with Gasteiger partial charge >= 0.3 is 5.97 Å². The van der Waals surface area contributed by atoms with Gasteiger partial charge in [-0.25, -0.2) is 0 Å². The number of thiocarbonyl (C=S) groups is 1. The van der Waals surface area contributed by atoms with Gasteiger partial charge in [0.25, 0.3) is 5.91 Å². The summed E-state index contributed by atoms with van der Waals surface area (Å²) in [4.78, 5) is 25.0. The standard InChI is InChI=1S/C21H19NO5S2/c23-17-12-16(27-13-14-5-2-1-3-6-14)9-8-15(17)11-18-20(26)22(21(28)29-18)10-4-7-19(24)25/h1-3,5-6,8-9,11-12,23H,4,7,10,13H2,(H,24,25)/b18-11-. The molecule has 2 aromatic rings. The van der Waals surface area contributed by atoms with E-state index in [1.165, 1.54) is 11.0 Å². The molecule has 1 saturated heterocycles. The lowest BCUT2D eigenvalue weighted by molar-refractivity contribution is -0.137. The predicted molar refractivity (Wildman–Crippen MR) is 116 cm³/mol. The highest BCUT2D eigenvalue weighted by Gasteiger charge is 2.31. The Morgan fingerprint density at radius 1 is 1.21 bits per heavy atom. The quantitative estimate of drug-likeness (QED) is 0.484. The van der Waals surface area contributed by atoms with Crippen molar-refractivity contribution < 1.29 is 24.5 Å². The SMILES string of the molecule is O=C(O)CCCN1C(=O)/C(=C/c2ccc(OCc3ccccc3)cc2O)SC1=S. The summed E-state index contributed by atoms with van der Waals surface area (Å²) in [7, 11) is 0. The number of thioether (sulfide) groups is 1. The zero-order valence-corrected chi connectivity index (χ0v) is 17.0. The minimum absolute atomic E-state index is 0.00768. The summed E-state index contributed by atoms with van der Waals surface area (Å²) >= 11 is 6.36. The number of carboxylic acid groups (broad SMARTS) is 1. The van der Waals surface area contributed by atoms with Crippen LogP contribution in [0.4, 0.5) is 0 Å². The van der Waals surface area contributed by atoms with Crippen LogP contribution in [0.25, 0.3) is 6.08 Å². The van der Waals surface area contributed by atoms with Crippen molar-refractivity contribution in [3.05, 3.63) is 64.6 Å². The Bertz CT molecular complexity index is 959. The Kier molecular flexibility index (Phi) is 6.90. The molecule has 3 rings (SSSR count). The van der Waals surface area contributed by atoms with Crippen LogP contribution < -0.4 is 4.74 Å². The van der Waals surface area contributed by atoms with Crippen LogP contribution in [0.2, 0.25) is 0 Å². The third-order valence-electron chi connectivity index (χ3n) is 4.18. The number of benzene rings is 2. The molecule has 0 aromatic heterocycles. The number of carbonyl (C=O) groups is 2. The first-order valence-electron chi connectivity index (χ1n) is 8.91. The van der Waals surface area contributed by atoms with Crippen LogP contribution in [0.5, 0.6) is 11.5 Å². The van der Waals surface area contributed by atoms with E-state index in [2.05, 4.69) is 0 Å². The fraction of sp³-hybridized carbons (Fsp3) is 0.190. The average molecular weight is 430 g/mol. The van der Waals surface area contributed by atoms with Crippen molar-refractivity contribution in [2.24, 2.45) is 0 Å². The van der Waals surface area contributed by atoms with Gasteiger partial charge in [0, 0.05) is 24.6 Å². The summed E-state index contributed by atoms with van der Waals surface area (Å²) in [5, 5.41) is 19.0. The zero-order chi connectivity index (χ0) is 20.8. The van der Waals surface area contributed by atoms with Crippen LogP contribution in [0.3, 0.4) is 0 Å². The molecular formula is C21H19NO5S2. The smallest absolute Gasteiger partial charge is 0.303 e. The number of rotatable bonds is 8. The van der Waals surface area contributed by atoms with Crippen LogP contribution in [0.1, 0.15) is 24.0 Å². The number of carbonyl (C=O) groups excluding carboxylic acids is 1. The van der Waals surface area contributed by atoms with E-state index in [-0.39, 0.29) is 24.6 Å². The molecule has 0 unspecified atom stereocenters. The van der Waals surface area contributed by atoms with Gasteiger partial charge in [0.05, 0.1) is 4.91 Å². The zero-order valence-electron chi connectivity index (χ0n) is 15.4. The topological polar surface area (TPSA) is 87.1 Å². The van der Waals surface area contributed by atoms with Crippen LogP contribution in [-0.4, -0.2) is 37.9 Å². The number of aliphatic carboxylic acids is 1. The molecule has 1 heterocycles. The average Bonchev–Trinajstić information content (AvgIpc) is 2.96. The molecule has 6 nitrogen and oxygen atoms in total. The van der Waals surface area contributed by atoms with E-state index in [1.807, 2.05) is 30.3 Å². The number of nitrogens with zero attached hydrogens (tertiary/aromatic N) is 1. The molecule has 0 bridgehead atoms. The Balaban J connectivity index is 1.66. The third-order valence-corrected chi connectivity index (χ3v) is 5.56. The minimum Gasteiger partial charge on any atom is -0.507 e. The molecule has 29 heavy (non-hydrogen) atoms. The summed E-state index contributed by atoms with van der Waals surface area (Å²) in [6.45, 7) is 0.640. The van der Waals surface area contributed by atoms with E-state index in [1.54, 1.807) is 18.2 Å². The Hall–Kier alpha value is -2.84. The Morgan fingerprint density at radius 3 is 2.66 bits per heavy atom. The van der Waals surface area contributed by atoms with E-state index in [9.17, 15) is 14.7 Å². The number of hydrogen-bond donors (Lipinski definition) is 2. The number of hydrogen-bond acceptors (Lipinski definition) is 6. The van der Waals surface area contributed by atoms with Gasteiger partial charge < -0.3 is 14.9 Å². The summed E-state index contributed by atoms with van der Waals surface area (Å²) in [6.07, 6.45) is 1.88. The summed E-state index contributed by atoms with van der Waals surface area (Å²) < 4.78 is 6.07. The fourth-order valence-corrected chi connectivity index (χ4v) is 4.00. The maximum Gasteiger partial charge on any atom is 0.303 e. The van der Waals surface area contributed by atoms with Gasteiger partial charge in [-0.15, -0.1) is 0 Å². The second kappa shape index (κ2) is 9.58. The first kappa shape index (κ1) is 20.9. The molecule has 1 amide bonds. The lowest BCUT2D eigenvalue weighted by atomic mass is 10.1. The predicted octanol–water partition coefficient (Wildman–Crippen LogP) is 4.04. The molecule has 2 aromatic carbocycles. The van der Waals surface area contributed by atoms with E-state index < -0.39 is 5.97 Å². The van der Waals surface area contributed by atoms with Crippen LogP contribution in [0.15, 0.2) is 53.4 Å². The van der Waals surface area contributed by atoms with Crippen molar-refractivity contribution in [1.82, 2.24) is 4.90 Å². The van der Waals surface area contributed by atoms with Gasteiger partial charge in [-0.05, 0) is 30.2 Å². The molecule has 0 aliphatic carbocycles. The van der Waals surface area contributed by atoms with E-state index in [0.717, 1.165) is 17.3 Å². The second-order valence-electron chi connectivity index (χ2n) is 6.33. The van der Waals surface area contributed by atoms with Crippen LogP contribution in [0, 0.1) is 0 Å². The van der Waals surface area contributed by atoms with Gasteiger partial charge in [0.15, 0.2) is 0 Å². The maximum absolute atomic E-state index is 12.5. The number of aromatic hydroxyl groups is 1. The molecule has 0 atom stereocenters. The highest BCUT2D eigenvalue weighted by Crippen LogP contribution is 2.35. The highest BCUT2D eigenvalue weighted by atomic mass is 32.2. The number of phenols is 1. The molecule has 150 valence electrons. The molecule has 0 saturated carbocycles. The van der Waals surface area contributed by atoms with Gasteiger partial charge in [-0.1, -0.05) is 54.3 Å². The maximum atomic E-state index is 12.5. The lowest BCUT2D eigenvalue weighted by Crippen LogP contribution is -2.29. The van der Waals surface area contributed by atoms with Crippen molar-refractivity contribution in [3.63, 3.8) is 0 Å². The molecule has 1 aliphatic heterocycles. The first-order valence-corrected chi connectivity index (χ1v) is 10.1. The monoisotopic (exact) mass is 429 g/mol. The van der Waals surface area contributed by atoms with Gasteiger partial charge in [-0.2, -0.15) is 0 Å². The molecule has 1 aliphatic rings. The third kappa shape index (κ3) is 5.58. The van der Waals surface area contributed by atoms with E-state index in [4.69, 9.17) is 22.1 Å². The van der Waals surface area contributed by atoms with E-state index in [0.29, 0.717) is 33.6 Å². The molecule has 0 radical (unpaired) electrons. The highest BCUT2D eigenvalue weighted by molar-refractivity contribution is 8.26. The number of carboxylic acids is 1. The van der Waals surface area contributed by atoms with Crippen molar-refractivity contribution in [2.75, 3.05) is 6.54 Å². The molecular weight excluding hydrogens is 410 g/mol. The van der Waals surface area contributed by atoms with Crippen LogP contribution in [-0.2, 0) is 16.2 Å². The van der Waals surface area contributed by atoms with E-state index >= 15 is 0 Å². The summed E-state index contributed by atoms with van der Waals surface area (Å²) in [5.41, 5.74) is 1.49. The minimum atomic E-state index is -0.912. The fourth-order valence-electron chi connectivity index (χ4n) is 2.70. The Labute approximate surface area is 177 Å². The lowest BCUT2D eigenvalue weighted by Gasteiger charge is -2.13. The first-order chi connectivity index (χ1) is 13.9. The normalized spacial score (nSPS) is 15.2.